The summed E-state index contributed by atoms with van der Waals surface area (Å²) in [6.07, 6.45) is 2.95. The minimum absolute atomic E-state index is 0.250. The smallest absolute Gasteiger partial charge is 0.258 e. The monoisotopic (exact) mass is 313 g/mol. The number of methoxy groups -OCH3 is 2. The largest absolute Gasteiger partial charge is 0.495 e. The van der Waals surface area contributed by atoms with Gasteiger partial charge in [-0.25, -0.2) is 14.2 Å². The van der Waals surface area contributed by atoms with Crippen molar-refractivity contribution >= 4 is 28.4 Å². The number of halogens is 1. The Bertz CT molecular complexity index is 639. The average Bonchev–Trinajstić information content (AvgIpc) is 2.48. The first-order valence-electron chi connectivity index (χ1n) is 5.53. The molecule has 0 radical (unpaired) electrons. The van der Waals surface area contributed by atoms with Crippen molar-refractivity contribution in [2.45, 2.75) is 4.90 Å². The summed E-state index contributed by atoms with van der Waals surface area (Å²) >= 11 is 6.12. The Morgan fingerprint density at radius 2 is 1.95 bits per heavy atom. The first-order valence-corrected chi connectivity index (χ1v) is 7.06. The Balaban J connectivity index is 2.29. The summed E-state index contributed by atoms with van der Waals surface area (Å²) in [5.41, 5.74) is 0. The van der Waals surface area contributed by atoms with Crippen LogP contribution in [0.5, 0.6) is 11.6 Å². The van der Waals surface area contributed by atoms with Gasteiger partial charge in [0.15, 0.2) is 11.0 Å². The zero-order chi connectivity index (χ0) is 14.5. The lowest BCUT2D eigenvalue weighted by Gasteiger charge is -2.10. The Labute approximate surface area is 123 Å². The molecule has 0 aliphatic rings. The summed E-state index contributed by atoms with van der Waals surface area (Å²) in [4.78, 5) is 8.37. The molecule has 106 valence electrons. The molecule has 0 aliphatic carbocycles. The summed E-state index contributed by atoms with van der Waals surface area (Å²) in [6.45, 7) is 0. The number of anilines is 1. The van der Waals surface area contributed by atoms with Crippen LogP contribution in [-0.4, -0.2) is 28.4 Å². The van der Waals surface area contributed by atoms with E-state index in [1.807, 2.05) is 0 Å². The molecular formula is C12H12ClN3O3S. The standard InChI is InChI=1S/C12H12ClN3O3S/c1-18-8-4-3-5-9(10(8)13)20(17)16-11-12(19-2)15-7-6-14-11/h3-7H,1-2H3,(H,14,16). The van der Waals surface area contributed by atoms with Crippen molar-refractivity contribution in [3.8, 4) is 11.6 Å². The van der Waals surface area contributed by atoms with Crippen LogP contribution in [0.2, 0.25) is 5.02 Å². The Hall–Kier alpha value is -1.86. The lowest BCUT2D eigenvalue weighted by Crippen LogP contribution is -2.09. The molecule has 0 bridgehead atoms. The maximum atomic E-state index is 12.3. The van der Waals surface area contributed by atoms with Crippen molar-refractivity contribution in [1.29, 1.82) is 0 Å². The molecule has 8 heteroatoms. The molecule has 2 aromatic rings. The highest BCUT2D eigenvalue weighted by Gasteiger charge is 2.15. The Morgan fingerprint density at radius 3 is 2.65 bits per heavy atom. The normalized spacial score (nSPS) is 11.8. The molecule has 6 nitrogen and oxygen atoms in total. The molecule has 0 fully saturated rings. The van der Waals surface area contributed by atoms with E-state index in [9.17, 15) is 4.21 Å². The SMILES string of the molecule is COc1cccc(S(=O)Nc2nccnc2OC)c1Cl. The third-order valence-corrected chi connectivity index (χ3v) is 4.02. The van der Waals surface area contributed by atoms with E-state index in [2.05, 4.69) is 14.7 Å². The Morgan fingerprint density at radius 1 is 1.20 bits per heavy atom. The van der Waals surface area contributed by atoms with E-state index in [1.54, 1.807) is 18.2 Å². The molecule has 1 heterocycles. The van der Waals surface area contributed by atoms with Crippen molar-refractivity contribution < 1.29 is 13.7 Å². The molecule has 1 atom stereocenters. The lowest BCUT2D eigenvalue weighted by atomic mass is 10.3. The van der Waals surface area contributed by atoms with Crippen LogP contribution in [0.15, 0.2) is 35.5 Å². The van der Waals surface area contributed by atoms with Crippen molar-refractivity contribution in [2.24, 2.45) is 0 Å². The van der Waals surface area contributed by atoms with Gasteiger partial charge in [0.2, 0.25) is 5.82 Å². The third kappa shape index (κ3) is 3.00. The van der Waals surface area contributed by atoms with Crippen LogP contribution < -0.4 is 14.2 Å². The first-order chi connectivity index (χ1) is 9.67. The molecular weight excluding hydrogens is 302 g/mol. The van der Waals surface area contributed by atoms with E-state index in [-0.39, 0.29) is 16.7 Å². The van der Waals surface area contributed by atoms with Crippen molar-refractivity contribution in [1.82, 2.24) is 9.97 Å². The number of aromatic nitrogens is 2. The van der Waals surface area contributed by atoms with Gasteiger partial charge >= 0.3 is 0 Å². The van der Waals surface area contributed by atoms with Gasteiger partial charge in [-0.05, 0) is 12.1 Å². The van der Waals surface area contributed by atoms with E-state index in [0.717, 1.165) is 0 Å². The third-order valence-electron chi connectivity index (χ3n) is 2.39. The Kier molecular flexibility index (Phi) is 4.75. The molecule has 1 aromatic heterocycles. The van der Waals surface area contributed by atoms with Crippen LogP contribution in [0, 0.1) is 0 Å². The molecule has 1 unspecified atom stereocenters. The maximum Gasteiger partial charge on any atom is 0.258 e. The predicted octanol–water partition coefficient (Wildman–Crippen LogP) is 2.28. The van der Waals surface area contributed by atoms with Crippen LogP contribution >= 0.6 is 11.6 Å². The summed E-state index contributed by atoms with van der Waals surface area (Å²) in [5, 5.41) is 0.281. The van der Waals surface area contributed by atoms with E-state index in [4.69, 9.17) is 21.1 Å². The molecule has 0 aliphatic heterocycles. The van der Waals surface area contributed by atoms with E-state index >= 15 is 0 Å². The number of nitrogens with one attached hydrogen (secondary N) is 1. The van der Waals surface area contributed by atoms with Crippen molar-refractivity contribution in [3.63, 3.8) is 0 Å². The van der Waals surface area contributed by atoms with Gasteiger partial charge in [0.25, 0.3) is 5.88 Å². The van der Waals surface area contributed by atoms with Crippen LogP contribution in [0.25, 0.3) is 0 Å². The minimum Gasteiger partial charge on any atom is -0.495 e. The number of benzene rings is 1. The van der Waals surface area contributed by atoms with Crippen molar-refractivity contribution in [2.75, 3.05) is 18.9 Å². The van der Waals surface area contributed by atoms with Gasteiger partial charge in [0.05, 0.1) is 19.1 Å². The summed E-state index contributed by atoms with van der Waals surface area (Å²) in [7, 11) is 1.33. The molecule has 0 spiro atoms. The molecule has 0 saturated carbocycles. The molecule has 1 N–H and O–H groups in total. The van der Waals surface area contributed by atoms with Gasteiger partial charge in [-0.3, -0.25) is 4.72 Å². The lowest BCUT2D eigenvalue weighted by molar-refractivity contribution is 0.398. The predicted molar refractivity (Wildman–Crippen MR) is 76.6 cm³/mol. The highest BCUT2D eigenvalue weighted by atomic mass is 35.5. The molecule has 2 rings (SSSR count). The second-order valence-electron chi connectivity index (χ2n) is 3.56. The maximum absolute atomic E-state index is 12.3. The van der Waals surface area contributed by atoms with Gasteiger partial charge in [0, 0.05) is 12.4 Å². The second kappa shape index (κ2) is 6.53. The highest BCUT2D eigenvalue weighted by Crippen LogP contribution is 2.30. The van der Waals surface area contributed by atoms with Gasteiger partial charge < -0.3 is 9.47 Å². The minimum atomic E-state index is -1.61. The van der Waals surface area contributed by atoms with Crippen LogP contribution in [0.1, 0.15) is 0 Å². The van der Waals surface area contributed by atoms with E-state index in [1.165, 1.54) is 26.6 Å². The van der Waals surface area contributed by atoms with Gasteiger partial charge in [-0.1, -0.05) is 17.7 Å². The quantitative estimate of drug-likeness (QED) is 0.916. The molecule has 0 saturated heterocycles. The van der Waals surface area contributed by atoms with E-state index in [0.29, 0.717) is 10.6 Å². The summed E-state index contributed by atoms with van der Waals surface area (Å²) in [6, 6.07) is 5.02. The average molecular weight is 314 g/mol. The number of rotatable bonds is 5. The fourth-order valence-corrected chi connectivity index (χ4v) is 2.78. The van der Waals surface area contributed by atoms with Gasteiger partial charge in [0.1, 0.15) is 10.8 Å². The van der Waals surface area contributed by atoms with Gasteiger partial charge in [-0.15, -0.1) is 0 Å². The topological polar surface area (TPSA) is 73.3 Å². The van der Waals surface area contributed by atoms with E-state index < -0.39 is 11.0 Å². The van der Waals surface area contributed by atoms with Crippen LogP contribution in [0.3, 0.4) is 0 Å². The highest BCUT2D eigenvalue weighted by molar-refractivity contribution is 7.86. The zero-order valence-electron chi connectivity index (χ0n) is 10.8. The molecule has 0 amide bonds. The van der Waals surface area contributed by atoms with Crippen LogP contribution in [0.4, 0.5) is 5.82 Å². The zero-order valence-corrected chi connectivity index (χ0v) is 12.4. The fraction of sp³-hybridized carbons (Fsp3) is 0.167. The summed E-state index contributed by atoms with van der Waals surface area (Å²) < 4.78 is 25.1. The molecule has 1 aromatic carbocycles. The molecule has 20 heavy (non-hydrogen) atoms. The number of hydrogen-bond donors (Lipinski definition) is 1. The number of hydrogen-bond acceptors (Lipinski definition) is 5. The number of ether oxygens (including phenoxy) is 2. The van der Waals surface area contributed by atoms with Crippen LogP contribution in [-0.2, 0) is 11.0 Å². The fourth-order valence-electron chi connectivity index (χ4n) is 1.48. The summed E-state index contributed by atoms with van der Waals surface area (Å²) in [5.74, 6) is 0.970. The number of nitrogens with zero attached hydrogens (tertiary/aromatic N) is 2. The first kappa shape index (κ1) is 14.5. The second-order valence-corrected chi connectivity index (χ2v) is 5.12. The van der Waals surface area contributed by atoms with Crippen molar-refractivity contribution in [3.05, 3.63) is 35.6 Å². The van der Waals surface area contributed by atoms with Gasteiger partial charge in [-0.2, -0.15) is 0 Å².